The number of anilines is 1. The van der Waals surface area contributed by atoms with E-state index in [-0.39, 0.29) is 6.04 Å². The lowest BCUT2D eigenvalue weighted by Crippen LogP contribution is -2.26. The van der Waals surface area contributed by atoms with E-state index in [0.717, 1.165) is 34.9 Å². The standard InChI is InChI=1S/C27H29N3S2/c1-19(16-21-8-5-4-6-9-21)20(2)29-24(17-22-11-13-23(28-3)14-12-22)25-18-32-27(30-25)26-10-7-15-31-26/h4-15,18-19,24,28-29H,2,16-17H2,1,3H3. The number of hydrogen-bond donors (Lipinski definition) is 2. The molecule has 2 unspecified atom stereocenters. The van der Waals surface area contributed by atoms with E-state index < -0.39 is 0 Å². The molecule has 2 aromatic heterocycles. The zero-order valence-electron chi connectivity index (χ0n) is 18.5. The Morgan fingerprint density at radius 3 is 2.38 bits per heavy atom. The van der Waals surface area contributed by atoms with Crippen LogP contribution in [0.15, 0.2) is 89.8 Å². The molecule has 0 aliphatic carbocycles. The minimum Gasteiger partial charge on any atom is -0.388 e. The maximum Gasteiger partial charge on any atom is 0.133 e. The Morgan fingerprint density at radius 2 is 1.69 bits per heavy atom. The monoisotopic (exact) mass is 459 g/mol. The first kappa shape index (κ1) is 22.3. The zero-order chi connectivity index (χ0) is 22.3. The lowest BCUT2D eigenvalue weighted by molar-refractivity contribution is 0.517. The van der Waals surface area contributed by atoms with Gasteiger partial charge in [0.05, 0.1) is 16.6 Å². The molecule has 0 bridgehead atoms. The van der Waals surface area contributed by atoms with Gasteiger partial charge < -0.3 is 10.6 Å². The van der Waals surface area contributed by atoms with Crippen LogP contribution in [0.1, 0.15) is 29.8 Å². The fourth-order valence-electron chi connectivity index (χ4n) is 3.69. The molecule has 0 fully saturated rings. The van der Waals surface area contributed by atoms with Crippen molar-refractivity contribution in [3.05, 3.63) is 107 Å². The highest BCUT2D eigenvalue weighted by atomic mass is 32.1. The van der Waals surface area contributed by atoms with Gasteiger partial charge in [-0.15, -0.1) is 22.7 Å². The van der Waals surface area contributed by atoms with E-state index in [2.05, 4.69) is 102 Å². The van der Waals surface area contributed by atoms with Crippen molar-refractivity contribution in [3.8, 4) is 9.88 Å². The Morgan fingerprint density at radius 1 is 0.938 bits per heavy atom. The largest absolute Gasteiger partial charge is 0.388 e. The minimum atomic E-state index is 0.0751. The quantitative estimate of drug-likeness (QED) is 0.264. The number of nitrogens with one attached hydrogen (secondary N) is 2. The molecule has 2 atom stereocenters. The van der Waals surface area contributed by atoms with Crippen molar-refractivity contribution in [1.29, 1.82) is 0 Å². The van der Waals surface area contributed by atoms with Crippen LogP contribution in [-0.2, 0) is 12.8 Å². The number of hydrogen-bond acceptors (Lipinski definition) is 5. The molecule has 0 amide bonds. The van der Waals surface area contributed by atoms with Crippen LogP contribution >= 0.6 is 22.7 Å². The minimum absolute atomic E-state index is 0.0751. The Kier molecular flexibility index (Phi) is 7.40. The van der Waals surface area contributed by atoms with E-state index in [9.17, 15) is 0 Å². The average molecular weight is 460 g/mol. The maximum atomic E-state index is 4.99. The number of nitrogens with zero attached hydrogens (tertiary/aromatic N) is 1. The Hall–Kier alpha value is -2.89. The summed E-state index contributed by atoms with van der Waals surface area (Å²) in [7, 11) is 1.94. The van der Waals surface area contributed by atoms with Gasteiger partial charge in [0.2, 0.25) is 0 Å². The Labute approximate surface area is 198 Å². The van der Waals surface area contributed by atoms with Crippen LogP contribution in [-0.4, -0.2) is 12.0 Å². The highest BCUT2D eigenvalue weighted by molar-refractivity contribution is 7.20. The molecule has 3 nitrogen and oxygen atoms in total. The van der Waals surface area contributed by atoms with Crippen molar-refractivity contribution in [1.82, 2.24) is 10.3 Å². The van der Waals surface area contributed by atoms with Crippen LogP contribution in [0.3, 0.4) is 0 Å². The third kappa shape index (κ3) is 5.67. The van der Waals surface area contributed by atoms with Crippen molar-refractivity contribution in [3.63, 3.8) is 0 Å². The third-order valence-electron chi connectivity index (χ3n) is 5.63. The van der Waals surface area contributed by atoms with Crippen LogP contribution in [0.5, 0.6) is 0 Å². The van der Waals surface area contributed by atoms with Gasteiger partial charge in [0.25, 0.3) is 0 Å². The van der Waals surface area contributed by atoms with Gasteiger partial charge in [0.15, 0.2) is 0 Å². The fraction of sp³-hybridized carbons (Fsp3) is 0.222. The van der Waals surface area contributed by atoms with Gasteiger partial charge in [-0.1, -0.05) is 62.0 Å². The van der Waals surface area contributed by atoms with E-state index in [1.54, 1.807) is 22.7 Å². The van der Waals surface area contributed by atoms with Crippen LogP contribution < -0.4 is 10.6 Å². The first-order chi connectivity index (χ1) is 15.6. The molecule has 2 N–H and O–H groups in total. The van der Waals surface area contributed by atoms with E-state index in [1.165, 1.54) is 16.0 Å². The van der Waals surface area contributed by atoms with Crippen LogP contribution in [0.25, 0.3) is 9.88 Å². The Bertz CT molecular complexity index is 1120. The highest BCUT2D eigenvalue weighted by Crippen LogP contribution is 2.31. The first-order valence-electron chi connectivity index (χ1n) is 10.9. The number of allylic oxidation sites excluding steroid dienone is 1. The summed E-state index contributed by atoms with van der Waals surface area (Å²) in [6.07, 6.45) is 1.82. The molecule has 0 aliphatic heterocycles. The van der Waals surface area contributed by atoms with E-state index >= 15 is 0 Å². The molecular formula is C27H29N3S2. The Balaban J connectivity index is 1.53. The molecule has 4 aromatic rings. The van der Waals surface area contributed by atoms with Crippen molar-refractivity contribution < 1.29 is 0 Å². The van der Waals surface area contributed by atoms with Crippen LogP contribution in [0.4, 0.5) is 5.69 Å². The molecule has 2 heterocycles. The van der Waals surface area contributed by atoms with Crippen LogP contribution in [0, 0.1) is 5.92 Å². The summed E-state index contributed by atoms with van der Waals surface area (Å²) >= 11 is 3.44. The topological polar surface area (TPSA) is 37.0 Å². The lowest BCUT2D eigenvalue weighted by Gasteiger charge is -2.24. The molecule has 2 aromatic carbocycles. The second-order valence-electron chi connectivity index (χ2n) is 8.02. The molecule has 164 valence electrons. The van der Waals surface area contributed by atoms with Gasteiger partial charge in [0.1, 0.15) is 5.01 Å². The smallest absolute Gasteiger partial charge is 0.133 e. The third-order valence-corrected chi connectivity index (χ3v) is 7.53. The van der Waals surface area contributed by atoms with Gasteiger partial charge in [-0.05, 0) is 53.5 Å². The van der Waals surface area contributed by atoms with E-state index in [4.69, 9.17) is 4.98 Å². The molecule has 0 saturated carbocycles. The maximum absolute atomic E-state index is 4.99. The van der Waals surface area contributed by atoms with Crippen molar-refractivity contribution in [2.24, 2.45) is 5.92 Å². The molecule has 0 radical (unpaired) electrons. The molecule has 5 heteroatoms. The summed E-state index contributed by atoms with van der Waals surface area (Å²) in [4.78, 5) is 6.21. The van der Waals surface area contributed by atoms with Gasteiger partial charge in [0, 0.05) is 23.8 Å². The highest BCUT2D eigenvalue weighted by Gasteiger charge is 2.19. The van der Waals surface area contributed by atoms with Crippen molar-refractivity contribution in [2.75, 3.05) is 12.4 Å². The second kappa shape index (κ2) is 10.6. The predicted molar refractivity (Wildman–Crippen MR) is 139 cm³/mol. The molecular weight excluding hydrogens is 430 g/mol. The molecule has 0 aliphatic rings. The van der Waals surface area contributed by atoms with E-state index in [0.29, 0.717) is 5.92 Å². The zero-order valence-corrected chi connectivity index (χ0v) is 20.2. The molecule has 32 heavy (non-hydrogen) atoms. The summed E-state index contributed by atoms with van der Waals surface area (Å²) in [6, 6.07) is 23.5. The number of rotatable bonds is 10. The van der Waals surface area contributed by atoms with Gasteiger partial charge in [-0.25, -0.2) is 4.98 Å². The number of benzene rings is 2. The normalized spacial score (nSPS) is 12.8. The average Bonchev–Trinajstić information content (AvgIpc) is 3.52. The molecule has 0 spiro atoms. The van der Waals surface area contributed by atoms with E-state index in [1.807, 2.05) is 7.05 Å². The second-order valence-corrected chi connectivity index (χ2v) is 9.82. The van der Waals surface area contributed by atoms with Crippen molar-refractivity contribution in [2.45, 2.75) is 25.8 Å². The summed E-state index contributed by atoms with van der Waals surface area (Å²) < 4.78 is 0. The molecule has 0 saturated heterocycles. The van der Waals surface area contributed by atoms with Gasteiger partial charge >= 0.3 is 0 Å². The van der Waals surface area contributed by atoms with Gasteiger partial charge in [-0.3, -0.25) is 0 Å². The summed E-state index contributed by atoms with van der Waals surface area (Å²) in [6.45, 7) is 6.63. The number of aromatic nitrogens is 1. The predicted octanol–water partition coefficient (Wildman–Crippen LogP) is 7.18. The SMILES string of the molecule is C=C(NC(Cc1ccc(NC)cc1)c1csc(-c2cccs2)n1)C(C)Cc1ccccc1. The summed E-state index contributed by atoms with van der Waals surface area (Å²) in [5, 5.41) is 12.3. The van der Waals surface area contributed by atoms with Crippen LogP contribution in [0.2, 0.25) is 0 Å². The van der Waals surface area contributed by atoms with Crippen molar-refractivity contribution >= 4 is 28.4 Å². The van der Waals surface area contributed by atoms with Gasteiger partial charge in [-0.2, -0.15) is 0 Å². The summed E-state index contributed by atoms with van der Waals surface area (Å²) in [5.74, 6) is 0.321. The lowest BCUT2D eigenvalue weighted by atomic mass is 9.96. The number of thiophene rings is 1. The molecule has 4 rings (SSSR count). The first-order valence-corrected chi connectivity index (χ1v) is 12.6. The summed E-state index contributed by atoms with van der Waals surface area (Å²) in [5.41, 5.74) is 5.85. The fourth-order valence-corrected chi connectivity index (χ4v) is 5.38. The number of thiazole rings is 1.